The van der Waals surface area contributed by atoms with Crippen molar-refractivity contribution in [1.82, 2.24) is 63.0 Å². The molecule has 26 nitrogen and oxygen atoms in total. The molecule has 18 rings (SSSR count). The molecular formula is C84H85F3N18O8. The number of benzene rings is 4. The summed E-state index contributed by atoms with van der Waals surface area (Å²) in [5, 5.41) is 26.2. The highest BCUT2D eigenvalue weighted by Gasteiger charge is 2.37. The van der Waals surface area contributed by atoms with E-state index in [0.29, 0.717) is 92.2 Å². The Morgan fingerprint density at radius 1 is 0.540 bits per heavy atom. The lowest BCUT2D eigenvalue weighted by atomic mass is 10.1. The van der Waals surface area contributed by atoms with Crippen molar-refractivity contribution in [3.63, 3.8) is 0 Å². The van der Waals surface area contributed by atoms with E-state index in [-0.39, 0.29) is 45.3 Å². The molecule has 5 aliphatic heterocycles. The normalized spacial score (nSPS) is 17.9. The van der Waals surface area contributed by atoms with Gasteiger partial charge in [0.25, 0.3) is 22.2 Å². The first-order valence-corrected chi connectivity index (χ1v) is 37.6. The van der Waals surface area contributed by atoms with Crippen molar-refractivity contribution in [3.05, 3.63) is 241 Å². The van der Waals surface area contributed by atoms with Gasteiger partial charge in [0.15, 0.2) is 34.6 Å². The Morgan fingerprint density at radius 2 is 1.05 bits per heavy atom. The Bertz CT molecular complexity index is 6030. The number of oxazole rings is 1. The van der Waals surface area contributed by atoms with Crippen LogP contribution in [0, 0.1) is 35.7 Å². The third kappa shape index (κ3) is 16.6. The van der Waals surface area contributed by atoms with E-state index in [1.54, 1.807) is 53.3 Å². The molecule has 9 aromatic heterocycles. The minimum absolute atomic E-state index is 0.0946. The van der Waals surface area contributed by atoms with Crippen molar-refractivity contribution < 1.29 is 32.2 Å². The van der Waals surface area contributed by atoms with E-state index in [0.717, 1.165) is 125 Å². The number of likely N-dealkylation sites (tertiary alicyclic amines) is 1. The number of hydrogen-bond acceptors (Lipinski definition) is 22. The second kappa shape index (κ2) is 32.9. The van der Waals surface area contributed by atoms with E-state index < -0.39 is 23.6 Å². The lowest BCUT2D eigenvalue weighted by Crippen LogP contribution is -2.50. The number of hydrogen-bond donors (Lipinski definition) is 3. The Labute approximate surface area is 647 Å². The van der Waals surface area contributed by atoms with E-state index in [2.05, 4.69) is 73.9 Å². The molecule has 0 amide bonds. The number of rotatable bonds is 12. The zero-order valence-corrected chi connectivity index (χ0v) is 63.4. The minimum Gasteiger partial charge on any atom is -0.494 e. The molecule has 13 aromatic rings. The van der Waals surface area contributed by atoms with Crippen LogP contribution in [0.2, 0.25) is 0 Å². The first-order chi connectivity index (χ1) is 54.7. The van der Waals surface area contributed by atoms with E-state index in [1.807, 2.05) is 80.8 Å². The molecule has 0 spiro atoms. The predicted octanol–water partition coefficient (Wildman–Crippen LogP) is 9.20. The van der Waals surface area contributed by atoms with Gasteiger partial charge >= 0.3 is 0 Å². The van der Waals surface area contributed by atoms with Gasteiger partial charge in [0.05, 0.1) is 83.5 Å². The highest BCUT2D eigenvalue weighted by atomic mass is 19.1. The largest absolute Gasteiger partial charge is 0.494 e. The number of anilines is 4. The molecule has 14 heterocycles. The van der Waals surface area contributed by atoms with Crippen LogP contribution < -0.4 is 61.9 Å². The van der Waals surface area contributed by atoms with E-state index in [9.17, 15) is 37.5 Å². The van der Waals surface area contributed by atoms with Gasteiger partial charge in [-0.15, -0.1) is 0 Å². The number of aryl methyl sites for hydroxylation is 1. The highest BCUT2D eigenvalue weighted by molar-refractivity contribution is 5.80. The van der Waals surface area contributed by atoms with Crippen LogP contribution in [0.5, 0.6) is 11.5 Å². The van der Waals surface area contributed by atoms with E-state index in [1.165, 1.54) is 94.9 Å². The van der Waals surface area contributed by atoms with Gasteiger partial charge in [0, 0.05) is 163 Å². The molecule has 5 fully saturated rings. The number of β-amino-alcohol motifs (C(OH)–C–C–N with tert-alkyl or cyclic N) is 1. The number of methoxy groups -OCH3 is 2. The summed E-state index contributed by atoms with van der Waals surface area (Å²) < 4.78 is 63.4. The molecule has 113 heavy (non-hydrogen) atoms. The number of ether oxygens (including phenoxy) is 2. The molecule has 580 valence electrons. The molecule has 4 atom stereocenters. The zero-order valence-electron chi connectivity index (χ0n) is 63.4. The summed E-state index contributed by atoms with van der Waals surface area (Å²) in [6, 6.07) is 42.6. The number of halogens is 3. The predicted molar refractivity (Wildman–Crippen MR) is 429 cm³/mol. The van der Waals surface area contributed by atoms with Crippen LogP contribution in [-0.4, -0.2) is 195 Å². The molecule has 0 unspecified atom stereocenters. The van der Waals surface area contributed by atoms with Crippen LogP contribution in [0.4, 0.5) is 35.9 Å². The summed E-state index contributed by atoms with van der Waals surface area (Å²) in [5.41, 5.74) is 11.0. The fourth-order valence-corrected chi connectivity index (χ4v) is 15.2. The topological polar surface area (TPSA) is 269 Å². The lowest BCUT2D eigenvalue weighted by molar-refractivity contribution is 0.0986. The number of fused-ring (bicyclic) bond motifs is 5. The first-order valence-electron chi connectivity index (χ1n) is 37.6. The number of aliphatic hydroxyl groups excluding tert-OH is 1. The molecule has 3 N–H and O–H groups in total. The van der Waals surface area contributed by atoms with Crippen molar-refractivity contribution in [1.29, 1.82) is 5.26 Å². The fraction of sp³-hybridized carbons (Fsp3) is 0.310. The number of piperazine rings is 2. The van der Waals surface area contributed by atoms with Gasteiger partial charge in [0.1, 0.15) is 33.9 Å². The average Bonchev–Trinajstić information content (AvgIpc) is 1.42. The third-order valence-corrected chi connectivity index (χ3v) is 21.6. The van der Waals surface area contributed by atoms with Gasteiger partial charge in [-0.25, -0.2) is 38.1 Å². The van der Waals surface area contributed by atoms with E-state index >= 15 is 0 Å². The number of pyridine rings is 4. The summed E-state index contributed by atoms with van der Waals surface area (Å²) in [6.45, 7) is 15.8. The quantitative estimate of drug-likeness (QED) is 0.103. The summed E-state index contributed by atoms with van der Waals surface area (Å²) in [7, 11) is 7.00. The Balaban J connectivity index is 0.000000119. The maximum absolute atomic E-state index is 14.1. The van der Waals surface area contributed by atoms with Crippen LogP contribution in [0.25, 0.3) is 78.7 Å². The Hall–Kier alpha value is -12.3. The monoisotopic (exact) mass is 1530 g/mol. The second-order valence-corrected chi connectivity index (χ2v) is 28.9. The van der Waals surface area contributed by atoms with Crippen molar-refractivity contribution in [2.45, 2.75) is 57.3 Å². The van der Waals surface area contributed by atoms with Crippen LogP contribution in [0.15, 0.2) is 194 Å². The molecule has 0 saturated carbocycles. The summed E-state index contributed by atoms with van der Waals surface area (Å²) in [5.74, 6) is -0.600. The highest BCUT2D eigenvalue weighted by Crippen LogP contribution is 2.32. The third-order valence-electron chi connectivity index (χ3n) is 21.6. The van der Waals surface area contributed by atoms with Crippen molar-refractivity contribution in [2.75, 3.05) is 133 Å². The summed E-state index contributed by atoms with van der Waals surface area (Å²) >= 11 is 0. The lowest BCUT2D eigenvalue weighted by Gasteiger charge is -2.39. The average molecular weight is 1530 g/mol. The second-order valence-electron chi connectivity index (χ2n) is 28.9. The standard InChI is InChI=1S/C23H25FN4O3.C22H23N5O2.C20H21FN4O2.C19H16FN5O/c1-31-21-6-4-15(10-17(21)24)18-11-23(30)28-12-16(5-7-22(28)25-18)27-13-19(20(29)14-27)26-8-2-3-9-26;1-14-12-26(9-8-25(14)3)17-5-7-21-24-19(11-22(28)27(21)13-17)16-4-6-18-20(10-16)29-15(2)23-18;1-24(14-7-8-22-11-14)15-4-6-19-23-17(10-20(26)25(19)12-15)13-3-5-18(27-2)16(21)9-13;20-15-8-13(11-21)7-14(9-15)17-10-19(26)25-12-16(1-2-18(25)23-17)24-5-3-22-4-6-24/h4-7,10-12,19-20,29H,2-3,8-9,13-14H2,1H3;4-7,10-11,13-14H,8-9,12H2,1-3H3;3-6,9-10,12,14,22H,7-8,11H2,1-2H3;1-2,7-10,12,22H,3-6H2/t19-,20-;2*14-;/m001./s1. The van der Waals surface area contributed by atoms with Gasteiger partial charge in [-0.2, -0.15) is 5.26 Å². The van der Waals surface area contributed by atoms with Gasteiger partial charge in [-0.3, -0.25) is 41.7 Å². The fourth-order valence-electron chi connectivity index (χ4n) is 15.2. The number of nitrogens with one attached hydrogen (secondary N) is 2. The van der Waals surface area contributed by atoms with Crippen molar-refractivity contribution in [2.24, 2.45) is 0 Å². The maximum Gasteiger partial charge on any atom is 0.258 e. The number of aliphatic hydroxyl groups is 1. The van der Waals surface area contributed by atoms with Crippen LogP contribution in [-0.2, 0) is 0 Å². The number of nitriles is 1. The Morgan fingerprint density at radius 3 is 1.58 bits per heavy atom. The number of likely N-dealkylation sites (N-methyl/N-ethyl adjacent to an activating group) is 2. The molecule has 5 aliphatic rings. The molecule has 4 aromatic carbocycles. The van der Waals surface area contributed by atoms with Gasteiger partial charge in [-0.05, 0) is 168 Å². The maximum atomic E-state index is 14.1. The SMILES string of the molecule is COc1ccc(-c2cc(=O)n3cc(N(C)[C@@H]4CCNC4)ccc3n2)cc1F.COc1ccc(-c2cc(=O)n3cc(N4C[C@H](O)[C@@H](N5CCCC5)C4)ccc3n2)cc1F.Cc1nc2ccc(-c3cc(=O)n4cc(N5CCN(C)[C@@H](C)C5)ccc4n3)cc2o1.N#Cc1cc(F)cc(-c2cc(=O)n3cc(N4CCNCC4)ccc3n2)c1. The molecule has 29 heteroatoms. The molecular weight excluding hydrogens is 1450 g/mol. The van der Waals surface area contributed by atoms with Gasteiger partial charge in [-0.1, -0.05) is 6.07 Å². The summed E-state index contributed by atoms with van der Waals surface area (Å²) in [6.07, 6.45) is 10.3. The van der Waals surface area contributed by atoms with Crippen LogP contribution >= 0.6 is 0 Å². The van der Waals surface area contributed by atoms with Crippen LogP contribution in [0.3, 0.4) is 0 Å². The van der Waals surface area contributed by atoms with Gasteiger partial charge < -0.3 is 54.1 Å². The number of aromatic nitrogens is 9. The van der Waals surface area contributed by atoms with Crippen molar-refractivity contribution >= 4 is 56.4 Å². The molecule has 5 saturated heterocycles. The van der Waals surface area contributed by atoms with Gasteiger partial charge in [0.2, 0.25) is 0 Å². The molecule has 0 aliphatic carbocycles. The molecule has 0 bridgehead atoms. The molecule has 0 radical (unpaired) electrons. The van der Waals surface area contributed by atoms with E-state index in [4.69, 9.17) is 24.1 Å². The smallest absolute Gasteiger partial charge is 0.258 e. The Kier molecular flexibility index (Phi) is 22.2. The summed E-state index contributed by atoms with van der Waals surface area (Å²) in [4.78, 5) is 87.0. The van der Waals surface area contributed by atoms with Crippen molar-refractivity contribution in [3.8, 4) is 62.6 Å². The minimum atomic E-state index is -0.532. The van der Waals surface area contributed by atoms with Crippen LogP contribution in [0.1, 0.15) is 37.6 Å². The zero-order chi connectivity index (χ0) is 78.7. The first kappa shape index (κ1) is 76.1. The number of nitrogens with zero attached hydrogens (tertiary/aromatic N) is 16.